The van der Waals surface area contributed by atoms with Gasteiger partial charge in [0.05, 0.1) is 0 Å². The van der Waals surface area contributed by atoms with Gasteiger partial charge in [-0.2, -0.15) is 4.98 Å². The number of phenolic OH excluding ortho intramolecular Hbond substituents is 1. The highest BCUT2D eigenvalue weighted by Gasteiger charge is 2.07. The average molecular weight is 324 g/mol. The van der Waals surface area contributed by atoms with Gasteiger partial charge in [0.1, 0.15) is 11.4 Å². The van der Waals surface area contributed by atoms with Crippen LogP contribution in [0.4, 0.5) is 11.6 Å². The van der Waals surface area contributed by atoms with Crippen LogP contribution in [0.25, 0.3) is 11.0 Å². The Bertz CT molecular complexity index is 905. The van der Waals surface area contributed by atoms with Crippen molar-refractivity contribution in [3.63, 3.8) is 0 Å². The molecule has 124 valence electrons. The van der Waals surface area contributed by atoms with E-state index in [1.165, 1.54) is 0 Å². The highest BCUT2D eigenvalue weighted by Crippen LogP contribution is 2.19. The zero-order valence-corrected chi connectivity index (χ0v) is 13.6. The SMILES string of the molecule is CCCCCn1c(=O)ccc2cnc(Nc3cccc(O)c3)nc21. The molecule has 3 aromatic rings. The summed E-state index contributed by atoms with van der Waals surface area (Å²) in [5.74, 6) is 0.556. The second-order valence-corrected chi connectivity index (χ2v) is 5.68. The maximum absolute atomic E-state index is 12.2. The highest BCUT2D eigenvalue weighted by molar-refractivity contribution is 5.75. The van der Waals surface area contributed by atoms with Crippen LogP contribution in [0.2, 0.25) is 0 Å². The van der Waals surface area contributed by atoms with Crippen LogP contribution >= 0.6 is 0 Å². The molecule has 0 radical (unpaired) electrons. The lowest BCUT2D eigenvalue weighted by atomic mass is 10.2. The largest absolute Gasteiger partial charge is 0.508 e. The molecule has 6 heteroatoms. The van der Waals surface area contributed by atoms with E-state index in [0.717, 1.165) is 24.6 Å². The molecule has 6 nitrogen and oxygen atoms in total. The summed E-state index contributed by atoms with van der Waals surface area (Å²) in [7, 11) is 0. The quantitative estimate of drug-likeness (QED) is 0.679. The van der Waals surface area contributed by atoms with Crippen molar-refractivity contribution < 1.29 is 5.11 Å². The van der Waals surface area contributed by atoms with E-state index in [0.29, 0.717) is 23.8 Å². The van der Waals surface area contributed by atoms with E-state index in [4.69, 9.17) is 0 Å². The van der Waals surface area contributed by atoms with Crippen molar-refractivity contribution >= 4 is 22.7 Å². The maximum atomic E-state index is 12.2. The number of hydrogen-bond acceptors (Lipinski definition) is 5. The van der Waals surface area contributed by atoms with Crippen LogP contribution < -0.4 is 10.9 Å². The Morgan fingerprint density at radius 3 is 2.88 bits per heavy atom. The minimum absolute atomic E-state index is 0.0550. The first kappa shape index (κ1) is 16.0. The van der Waals surface area contributed by atoms with E-state index in [9.17, 15) is 9.90 Å². The van der Waals surface area contributed by atoms with Crippen LogP contribution in [0.5, 0.6) is 5.75 Å². The lowest BCUT2D eigenvalue weighted by Crippen LogP contribution is -2.20. The predicted octanol–water partition coefficient (Wildman–Crippen LogP) is 3.43. The lowest BCUT2D eigenvalue weighted by Gasteiger charge is -2.11. The second kappa shape index (κ2) is 7.12. The van der Waals surface area contributed by atoms with Gasteiger partial charge in [-0.1, -0.05) is 25.8 Å². The summed E-state index contributed by atoms with van der Waals surface area (Å²) in [4.78, 5) is 21.0. The summed E-state index contributed by atoms with van der Waals surface area (Å²) in [5, 5.41) is 13.4. The summed E-state index contributed by atoms with van der Waals surface area (Å²) in [6.07, 6.45) is 4.80. The molecule has 0 saturated heterocycles. The standard InChI is InChI=1S/C18H20N4O2/c1-2-3-4-10-22-16(24)9-8-13-12-19-18(21-17(13)22)20-14-6-5-7-15(23)11-14/h5-9,11-12,23H,2-4,10H2,1H3,(H,19,20,21). The molecule has 0 aliphatic carbocycles. The number of hydrogen-bond donors (Lipinski definition) is 2. The Morgan fingerprint density at radius 2 is 2.08 bits per heavy atom. The molecule has 0 amide bonds. The summed E-state index contributed by atoms with van der Waals surface area (Å²) in [6, 6.07) is 10.0. The molecule has 0 saturated carbocycles. The van der Waals surface area contributed by atoms with E-state index in [1.54, 1.807) is 41.1 Å². The molecule has 0 aliphatic rings. The van der Waals surface area contributed by atoms with Crippen molar-refractivity contribution in [3.05, 3.63) is 52.9 Å². The van der Waals surface area contributed by atoms with Crippen LogP contribution in [0.1, 0.15) is 26.2 Å². The normalized spacial score (nSPS) is 10.9. The Kier molecular flexibility index (Phi) is 4.74. The predicted molar refractivity (Wildman–Crippen MR) is 94.7 cm³/mol. The fourth-order valence-electron chi connectivity index (χ4n) is 2.58. The first-order chi connectivity index (χ1) is 11.7. The third-order valence-corrected chi connectivity index (χ3v) is 3.81. The zero-order chi connectivity index (χ0) is 16.9. The molecule has 0 aliphatic heterocycles. The van der Waals surface area contributed by atoms with E-state index >= 15 is 0 Å². The minimum atomic E-state index is -0.0550. The van der Waals surface area contributed by atoms with Gasteiger partial charge in [0, 0.05) is 35.9 Å². The van der Waals surface area contributed by atoms with Gasteiger partial charge in [-0.25, -0.2) is 4.98 Å². The second-order valence-electron chi connectivity index (χ2n) is 5.68. The highest BCUT2D eigenvalue weighted by atomic mass is 16.3. The lowest BCUT2D eigenvalue weighted by molar-refractivity contribution is 0.475. The maximum Gasteiger partial charge on any atom is 0.252 e. The Hall–Kier alpha value is -2.89. The topological polar surface area (TPSA) is 80.0 Å². The number of unbranched alkanes of at least 4 members (excludes halogenated alkanes) is 2. The Morgan fingerprint density at radius 1 is 1.21 bits per heavy atom. The fraction of sp³-hybridized carbons (Fsp3) is 0.278. The zero-order valence-electron chi connectivity index (χ0n) is 13.6. The molecule has 1 aromatic carbocycles. The number of pyridine rings is 1. The van der Waals surface area contributed by atoms with E-state index in [-0.39, 0.29) is 11.3 Å². The van der Waals surface area contributed by atoms with Gasteiger partial charge in [-0.05, 0) is 24.6 Å². The molecule has 24 heavy (non-hydrogen) atoms. The summed E-state index contributed by atoms with van der Waals surface area (Å²) in [5.41, 5.74) is 1.25. The monoisotopic (exact) mass is 324 g/mol. The van der Waals surface area contributed by atoms with Crippen LogP contribution in [-0.4, -0.2) is 19.6 Å². The summed E-state index contributed by atoms with van der Waals surface area (Å²) < 4.78 is 1.69. The third kappa shape index (κ3) is 3.53. The third-order valence-electron chi connectivity index (χ3n) is 3.81. The molecule has 2 heterocycles. The minimum Gasteiger partial charge on any atom is -0.508 e. The van der Waals surface area contributed by atoms with E-state index in [2.05, 4.69) is 22.2 Å². The van der Waals surface area contributed by atoms with Crippen LogP contribution in [-0.2, 0) is 6.54 Å². The number of fused-ring (bicyclic) bond motifs is 1. The van der Waals surface area contributed by atoms with Crippen molar-refractivity contribution in [2.24, 2.45) is 0 Å². The number of nitrogens with zero attached hydrogens (tertiary/aromatic N) is 3. The van der Waals surface area contributed by atoms with Crippen molar-refractivity contribution in [2.45, 2.75) is 32.7 Å². The number of phenols is 1. The van der Waals surface area contributed by atoms with E-state index in [1.807, 2.05) is 6.07 Å². The molecular formula is C18H20N4O2. The molecule has 2 N–H and O–H groups in total. The molecule has 0 bridgehead atoms. The Balaban J connectivity index is 1.96. The van der Waals surface area contributed by atoms with Gasteiger partial charge in [0.15, 0.2) is 0 Å². The molecular weight excluding hydrogens is 304 g/mol. The average Bonchev–Trinajstić information content (AvgIpc) is 2.57. The number of rotatable bonds is 6. The molecule has 3 rings (SSSR count). The number of aryl methyl sites for hydroxylation is 1. The van der Waals surface area contributed by atoms with Gasteiger partial charge < -0.3 is 10.4 Å². The van der Waals surface area contributed by atoms with Crippen molar-refractivity contribution in [3.8, 4) is 5.75 Å². The van der Waals surface area contributed by atoms with Gasteiger partial charge in [0.2, 0.25) is 5.95 Å². The molecule has 0 atom stereocenters. The van der Waals surface area contributed by atoms with Gasteiger partial charge >= 0.3 is 0 Å². The summed E-state index contributed by atoms with van der Waals surface area (Å²) >= 11 is 0. The number of anilines is 2. The van der Waals surface area contributed by atoms with Crippen LogP contribution in [0.15, 0.2) is 47.4 Å². The first-order valence-electron chi connectivity index (χ1n) is 8.10. The Labute approximate surface area is 139 Å². The molecule has 0 spiro atoms. The smallest absolute Gasteiger partial charge is 0.252 e. The van der Waals surface area contributed by atoms with Crippen molar-refractivity contribution in [1.29, 1.82) is 0 Å². The van der Waals surface area contributed by atoms with Gasteiger partial charge in [0.25, 0.3) is 5.56 Å². The van der Waals surface area contributed by atoms with Gasteiger partial charge in [-0.15, -0.1) is 0 Å². The van der Waals surface area contributed by atoms with Gasteiger partial charge in [-0.3, -0.25) is 9.36 Å². The summed E-state index contributed by atoms with van der Waals surface area (Å²) in [6.45, 7) is 2.78. The first-order valence-corrected chi connectivity index (χ1v) is 8.10. The fourth-order valence-corrected chi connectivity index (χ4v) is 2.58. The molecule has 0 fully saturated rings. The number of aromatic hydroxyl groups is 1. The van der Waals surface area contributed by atoms with Crippen molar-refractivity contribution in [1.82, 2.24) is 14.5 Å². The molecule has 0 unspecified atom stereocenters. The number of benzene rings is 1. The van der Waals surface area contributed by atoms with E-state index < -0.39 is 0 Å². The number of nitrogens with one attached hydrogen (secondary N) is 1. The molecule has 2 aromatic heterocycles. The van der Waals surface area contributed by atoms with Crippen LogP contribution in [0, 0.1) is 0 Å². The number of aromatic nitrogens is 3. The van der Waals surface area contributed by atoms with Crippen LogP contribution in [0.3, 0.4) is 0 Å². The van der Waals surface area contributed by atoms with Crippen molar-refractivity contribution in [2.75, 3.05) is 5.32 Å².